The van der Waals surface area contributed by atoms with Gasteiger partial charge in [0.25, 0.3) is 5.91 Å². The number of hydrogen-bond donors (Lipinski definition) is 2. The zero-order valence-corrected chi connectivity index (χ0v) is 18.6. The van der Waals surface area contributed by atoms with Crippen LogP contribution in [0.3, 0.4) is 0 Å². The second kappa shape index (κ2) is 8.94. The number of rotatable bonds is 5. The molecule has 168 valence electrons. The molecule has 0 bridgehead atoms. The number of nitrogens with zero attached hydrogens (tertiary/aromatic N) is 3. The van der Waals surface area contributed by atoms with Crippen LogP contribution in [-0.2, 0) is 11.3 Å². The highest BCUT2D eigenvalue weighted by atomic mass is 16.5. The van der Waals surface area contributed by atoms with Crippen molar-refractivity contribution in [2.24, 2.45) is 4.99 Å². The SMILES string of the molecule is Cc1ccccc1OCC(=O)N1CC[C@@]2(C1)Nc1cccnc1NC2=NCc1ccccc1. The molecule has 5 rings (SSSR count). The number of hydrogen-bond acceptors (Lipinski definition) is 5. The zero-order valence-electron chi connectivity index (χ0n) is 18.6. The molecular weight excluding hydrogens is 414 g/mol. The minimum Gasteiger partial charge on any atom is -0.484 e. The monoisotopic (exact) mass is 441 g/mol. The molecule has 0 unspecified atom stereocenters. The molecule has 0 aliphatic carbocycles. The highest BCUT2D eigenvalue weighted by molar-refractivity contribution is 6.09. The van der Waals surface area contributed by atoms with Crippen LogP contribution in [0.5, 0.6) is 5.75 Å². The number of carbonyl (C=O) groups is 1. The number of benzene rings is 2. The Kier molecular flexibility index (Phi) is 5.69. The van der Waals surface area contributed by atoms with Gasteiger partial charge in [-0.25, -0.2) is 4.98 Å². The molecule has 7 nitrogen and oxygen atoms in total. The molecule has 2 N–H and O–H groups in total. The van der Waals surface area contributed by atoms with Gasteiger partial charge in [0.1, 0.15) is 17.1 Å². The first-order valence-corrected chi connectivity index (χ1v) is 11.2. The lowest BCUT2D eigenvalue weighted by Gasteiger charge is -2.38. The minimum absolute atomic E-state index is 0.0169. The van der Waals surface area contributed by atoms with Crippen molar-refractivity contribution in [2.75, 3.05) is 30.3 Å². The van der Waals surface area contributed by atoms with Crippen LogP contribution in [0.1, 0.15) is 17.5 Å². The predicted molar refractivity (Wildman–Crippen MR) is 130 cm³/mol. The lowest BCUT2D eigenvalue weighted by Crippen LogP contribution is -2.55. The van der Waals surface area contributed by atoms with E-state index in [4.69, 9.17) is 9.73 Å². The van der Waals surface area contributed by atoms with E-state index in [1.807, 2.05) is 66.4 Å². The molecule has 2 aliphatic rings. The Morgan fingerprint density at radius 1 is 1.12 bits per heavy atom. The van der Waals surface area contributed by atoms with Gasteiger partial charge in [0.15, 0.2) is 12.4 Å². The molecule has 3 heterocycles. The largest absolute Gasteiger partial charge is 0.484 e. The van der Waals surface area contributed by atoms with E-state index in [0.717, 1.165) is 40.6 Å². The highest BCUT2D eigenvalue weighted by Crippen LogP contribution is 2.35. The van der Waals surface area contributed by atoms with Crippen molar-refractivity contribution in [1.29, 1.82) is 0 Å². The number of aliphatic imine (C=N–C) groups is 1. The number of para-hydroxylation sites is 1. The van der Waals surface area contributed by atoms with Gasteiger partial charge in [-0.1, -0.05) is 48.5 Å². The summed E-state index contributed by atoms with van der Waals surface area (Å²) in [6, 6.07) is 21.8. The molecule has 1 fully saturated rings. The van der Waals surface area contributed by atoms with Gasteiger partial charge in [-0.05, 0) is 42.7 Å². The Balaban J connectivity index is 1.34. The van der Waals surface area contributed by atoms with E-state index in [2.05, 4.69) is 27.8 Å². The maximum atomic E-state index is 13.0. The summed E-state index contributed by atoms with van der Waals surface area (Å²) < 4.78 is 5.81. The van der Waals surface area contributed by atoms with Crippen LogP contribution in [-0.4, -0.2) is 46.9 Å². The van der Waals surface area contributed by atoms with Gasteiger partial charge in [-0.2, -0.15) is 0 Å². The number of fused-ring (bicyclic) bond motifs is 1. The number of amides is 1. The van der Waals surface area contributed by atoms with Crippen molar-refractivity contribution in [3.05, 3.63) is 84.1 Å². The highest BCUT2D eigenvalue weighted by Gasteiger charge is 2.47. The van der Waals surface area contributed by atoms with Gasteiger partial charge in [0.2, 0.25) is 0 Å². The number of anilines is 2. The van der Waals surface area contributed by atoms with Gasteiger partial charge in [-0.3, -0.25) is 9.79 Å². The number of ether oxygens (including phenoxy) is 1. The first kappa shape index (κ1) is 21.0. The zero-order chi connectivity index (χ0) is 22.7. The fourth-order valence-corrected chi connectivity index (χ4v) is 4.37. The molecule has 7 heteroatoms. The van der Waals surface area contributed by atoms with Crippen LogP contribution in [0.4, 0.5) is 11.5 Å². The summed E-state index contributed by atoms with van der Waals surface area (Å²) in [5, 5.41) is 7.07. The average molecular weight is 442 g/mol. The van der Waals surface area contributed by atoms with Crippen molar-refractivity contribution in [3.63, 3.8) is 0 Å². The molecule has 1 aromatic heterocycles. The minimum atomic E-state index is -0.483. The smallest absolute Gasteiger partial charge is 0.260 e. The Bertz CT molecular complexity index is 1180. The summed E-state index contributed by atoms with van der Waals surface area (Å²) in [6.07, 6.45) is 2.51. The molecule has 1 spiro atoms. The van der Waals surface area contributed by atoms with E-state index in [9.17, 15) is 4.79 Å². The van der Waals surface area contributed by atoms with Crippen molar-refractivity contribution in [1.82, 2.24) is 9.88 Å². The molecule has 0 radical (unpaired) electrons. The van der Waals surface area contributed by atoms with Crippen molar-refractivity contribution >= 4 is 23.2 Å². The summed E-state index contributed by atoms with van der Waals surface area (Å²) in [4.78, 5) is 24.2. The predicted octanol–water partition coefficient (Wildman–Crippen LogP) is 3.88. The van der Waals surface area contributed by atoms with Crippen LogP contribution in [0.15, 0.2) is 77.9 Å². The number of likely N-dealkylation sites (tertiary alicyclic amines) is 1. The third kappa shape index (κ3) is 4.39. The normalized spacial score (nSPS) is 20.3. The van der Waals surface area contributed by atoms with Crippen molar-refractivity contribution in [2.45, 2.75) is 25.4 Å². The Morgan fingerprint density at radius 3 is 2.79 bits per heavy atom. The molecule has 1 saturated heterocycles. The third-order valence-electron chi connectivity index (χ3n) is 6.20. The molecule has 2 aliphatic heterocycles. The molecule has 1 atom stereocenters. The number of aryl methyl sites for hydroxylation is 1. The quantitative estimate of drug-likeness (QED) is 0.628. The number of amidine groups is 1. The first-order chi connectivity index (χ1) is 16.1. The molecule has 0 saturated carbocycles. The summed E-state index contributed by atoms with van der Waals surface area (Å²) >= 11 is 0. The fourth-order valence-electron chi connectivity index (χ4n) is 4.37. The van der Waals surface area contributed by atoms with Gasteiger partial charge >= 0.3 is 0 Å². The lowest BCUT2D eigenvalue weighted by molar-refractivity contribution is -0.132. The Morgan fingerprint density at radius 2 is 1.94 bits per heavy atom. The van der Waals surface area contributed by atoms with E-state index in [0.29, 0.717) is 19.6 Å². The number of pyridine rings is 1. The van der Waals surface area contributed by atoms with Gasteiger partial charge in [0.05, 0.1) is 18.8 Å². The average Bonchev–Trinajstić information content (AvgIpc) is 3.27. The van der Waals surface area contributed by atoms with Gasteiger partial charge in [-0.15, -0.1) is 0 Å². The maximum Gasteiger partial charge on any atom is 0.260 e. The third-order valence-corrected chi connectivity index (χ3v) is 6.20. The van der Waals surface area contributed by atoms with Crippen LogP contribution in [0.25, 0.3) is 0 Å². The molecule has 2 aromatic carbocycles. The van der Waals surface area contributed by atoms with Crippen LogP contribution >= 0.6 is 0 Å². The lowest BCUT2D eigenvalue weighted by atomic mass is 9.93. The van der Waals surface area contributed by atoms with E-state index in [-0.39, 0.29) is 12.5 Å². The van der Waals surface area contributed by atoms with Crippen LogP contribution in [0.2, 0.25) is 0 Å². The fraction of sp³-hybridized carbons (Fsp3) is 0.269. The summed E-state index contributed by atoms with van der Waals surface area (Å²) in [5.74, 6) is 2.27. The number of carbonyl (C=O) groups excluding carboxylic acids is 1. The van der Waals surface area contributed by atoms with Gasteiger partial charge in [0, 0.05) is 12.7 Å². The summed E-state index contributed by atoms with van der Waals surface area (Å²) in [7, 11) is 0. The second-order valence-electron chi connectivity index (χ2n) is 8.50. The number of nitrogens with one attached hydrogen (secondary N) is 2. The first-order valence-electron chi connectivity index (χ1n) is 11.2. The topological polar surface area (TPSA) is 78.8 Å². The van der Waals surface area contributed by atoms with Crippen molar-refractivity contribution in [3.8, 4) is 5.75 Å². The molecule has 3 aromatic rings. The Hall–Kier alpha value is -3.87. The molecule has 33 heavy (non-hydrogen) atoms. The molecular formula is C26H27N5O2. The summed E-state index contributed by atoms with van der Waals surface area (Å²) in [5.41, 5.74) is 2.58. The van der Waals surface area contributed by atoms with E-state index in [1.54, 1.807) is 6.20 Å². The van der Waals surface area contributed by atoms with Crippen molar-refractivity contribution < 1.29 is 9.53 Å². The Labute approximate surface area is 193 Å². The van der Waals surface area contributed by atoms with Gasteiger partial charge < -0.3 is 20.3 Å². The standard InChI is InChI=1S/C26H27N5O2/c1-19-8-5-6-12-22(19)33-17-23(32)31-15-13-26(18-31)25(28-16-20-9-3-2-4-10-20)29-24-21(30-26)11-7-14-27-24/h2-12,14,30H,13,15-18H2,1H3,(H,27,28,29)/t26-/m0/s1. The van der Waals surface area contributed by atoms with Crippen LogP contribution in [0, 0.1) is 6.92 Å². The van der Waals surface area contributed by atoms with E-state index >= 15 is 0 Å². The number of aromatic nitrogens is 1. The molecule has 1 amide bonds. The van der Waals surface area contributed by atoms with E-state index in [1.165, 1.54) is 0 Å². The van der Waals surface area contributed by atoms with Crippen LogP contribution < -0.4 is 15.4 Å². The maximum absolute atomic E-state index is 13.0. The summed E-state index contributed by atoms with van der Waals surface area (Å²) in [6.45, 7) is 3.69. The van der Waals surface area contributed by atoms with E-state index < -0.39 is 5.54 Å². The second-order valence-corrected chi connectivity index (χ2v) is 8.50.